The van der Waals surface area contributed by atoms with Crippen LogP contribution in [0, 0.1) is 5.92 Å². The van der Waals surface area contributed by atoms with E-state index >= 15 is 0 Å². The number of rotatable bonds is 3. The highest BCUT2D eigenvalue weighted by molar-refractivity contribution is 5.93. The average molecular weight is 315 g/mol. The van der Waals surface area contributed by atoms with Gasteiger partial charge in [0, 0.05) is 37.4 Å². The molecule has 0 spiro atoms. The second kappa shape index (κ2) is 7.57. The Morgan fingerprint density at radius 3 is 2.48 bits per heavy atom. The molecule has 3 rings (SSSR count). The molecule has 0 aromatic carbocycles. The molecule has 1 N–H and O–H groups in total. The van der Waals surface area contributed by atoms with E-state index in [9.17, 15) is 9.59 Å². The molecule has 23 heavy (non-hydrogen) atoms. The molecule has 0 radical (unpaired) electrons. The minimum Gasteiger partial charge on any atom is -0.353 e. The Kier molecular flexibility index (Phi) is 5.26. The fourth-order valence-electron chi connectivity index (χ4n) is 3.58. The first kappa shape index (κ1) is 16.0. The van der Waals surface area contributed by atoms with Crippen molar-refractivity contribution in [2.75, 3.05) is 13.1 Å². The van der Waals surface area contributed by atoms with Crippen molar-refractivity contribution in [3.05, 3.63) is 30.1 Å². The van der Waals surface area contributed by atoms with E-state index in [2.05, 4.69) is 10.3 Å². The molecule has 2 aliphatic rings. The van der Waals surface area contributed by atoms with Gasteiger partial charge < -0.3 is 10.2 Å². The predicted molar refractivity (Wildman–Crippen MR) is 87.9 cm³/mol. The van der Waals surface area contributed by atoms with Crippen molar-refractivity contribution in [1.29, 1.82) is 0 Å². The van der Waals surface area contributed by atoms with Gasteiger partial charge >= 0.3 is 0 Å². The van der Waals surface area contributed by atoms with Crippen molar-refractivity contribution in [3.8, 4) is 0 Å². The van der Waals surface area contributed by atoms with Crippen LogP contribution in [0.4, 0.5) is 0 Å². The van der Waals surface area contributed by atoms with Crippen molar-refractivity contribution in [2.45, 2.75) is 51.0 Å². The number of pyridine rings is 1. The van der Waals surface area contributed by atoms with Crippen LogP contribution >= 0.6 is 0 Å². The van der Waals surface area contributed by atoms with Crippen molar-refractivity contribution in [1.82, 2.24) is 15.2 Å². The predicted octanol–water partition coefficient (Wildman–Crippen LogP) is 2.38. The van der Waals surface area contributed by atoms with Crippen molar-refractivity contribution in [2.24, 2.45) is 5.92 Å². The van der Waals surface area contributed by atoms with Gasteiger partial charge in [0.1, 0.15) is 0 Å². The zero-order valence-corrected chi connectivity index (χ0v) is 13.5. The van der Waals surface area contributed by atoms with Gasteiger partial charge in [-0.25, -0.2) is 0 Å². The lowest BCUT2D eigenvalue weighted by Gasteiger charge is -2.33. The monoisotopic (exact) mass is 315 g/mol. The van der Waals surface area contributed by atoms with Gasteiger partial charge in [0.2, 0.25) is 5.91 Å². The van der Waals surface area contributed by atoms with Gasteiger partial charge in [-0.15, -0.1) is 0 Å². The van der Waals surface area contributed by atoms with Gasteiger partial charge in [0.25, 0.3) is 5.91 Å². The maximum atomic E-state index is 12.4. The Balaban J connectivity index is 1.46. The Labute approximate surface area is 137 Å². The van der Waals surface area contributed by atoms with Crippen LogP contribution in [-0.4, -0.2) is 40.8 Å². The highest BCUT2D eigenvalue weighted by Crippen LogP contribution is 2.24. The molecule has 124 valence electrons. The number of carbonyl (C=O) groups is 2. The standard InChI is InChI=1S/C18H25N3O2/c22-17(14-5-2-1-3-6-14)20-16-8-11-21(12-9-16)18(23)15-7-4-10-19-13-15/h4,7,10,13-14,16H,1-3,5-6,8-9,11-12H2,(H,20,22). The van der Waals surface area contributed by atoms with E-state index in [0.717, 1.165) is 25.7 Å². The third kappa shape index (κ3) is 4.09. The number of hydrogen-bond donors (Lipinski definition) is 1. The first-order valence-corrected chi connectivity index (χ1v) is 8.74. The minimum absolute atomic E-state index is 0.0372. The quantitative estimate of drug-likeness (QED) is 0.931. The maximum absolute atomic E-state index is 12.4. The molecule has 2 amide bonds. The molecule has 1 saturated heterocycles. The second-order valence-electron chi connectivity index (χ2n) is 6.65. The minimum atomic E-state index is 0.0372. The van der Waals surface area contributed by atoms with E-state index in [4.69, 9.17) is 0 Å². The summed E-state index contributed by atoms with van der Waals surface area (Å²) in [6.45, 7) is 1.40. The molecular weight excluding hydrogens is 290 g/mol. The summed E-state index contributed by atoms with van der Waals surface area (Å²) in [6, 6.07) is 3.79. The molecule has 0 atom stereocenters. The van der Waals surface area contributed by atoms with E-state index in [1.807, 2.05) is 4.90 Å². The lowest BCUT2D eigenvalue weighted by Crippen LogP contribution is -2.48. The topological polar surface area (TPSA) is 62.3 Å². The van der Waals surface area contributed by atoms with E-state index in [-0.39, 0.29) is 23.8 Å². The summed E-state index contributed by atoms with van der Waals surface area (Å²) in [7, 11) is 0. The number of piperidine rings is 1. The summed E-state index contributed by atoms with van der Waals surface area (Å²) in [5.74, 6) is 0.468. The normalized spacial score (nSPS) is 20.3. The van der Waals surface area contributed by atoms with E-state index in [0.29, 0.717) is 18.7 Å². The van der Waals surface area contributed by atoms with Gasteiger partial charge in [0.05, 0.1) is 5.56 Å². The molecule has 1 aromatic rings. The number of aromatic nitrogens is 1. The van der Waals surface area contributed by atoms with E-state index in [1.54, 1.807) is 24.5 Å². The summed E-state index contributed by atoms with van der Waals surface area (Å²) < 4.78 is 0. The molecule has 1 saturated carbocycles. The number of likely N-dealkylation sites (tertiary alicyclic amines) is 1. The van der Waals surface area contributed by atoms with Crippen LogP contribution in [-0.2, 0) is 4.79 Å². The summed E-state index contributed by atoms with van der Waals surface area (Å²) in [4.78, 5) is 30.5. The molecule has 1 aromatic heterocycles. The van der Waals surface area contributed by atoms with Gasteiger partial charge in [-0.1, -0.05) is 19.3 Å². The van der Waals surface area contributed by atoms with Gasteiger partial charge in [-0.3, -0.25) is 14.6 Å². The van der Waals surface area contributed by atoms with Crippen LogP contribution in [0.2, 0.25) is 0 Å². The maximum Gasteiger partial charge on any atom is 0.255 e. The summed E-state index contributed by atoms with van der Waals surface area (Å²) in [5.41, 5.74) is 0.636. The van der Waals surface area contributed by atoms with Gasteiger partial charge in [0.15, 0.2) is 0 Å². The summed E-state index contributed by atoms with van der Waals surface area (Å²) in [6.07, 6.45) is 10.6. The zero-order valence-electron chi connectivity index (χ0n) is 13.5. The van der Waals surface area contributed by atoms with Crippen molar-refractivity contribution < 1.29 is 9.59 Å². The summed E-state index contributed by atoms with van der Waals surface area (Å²) >= 11 is 0. The number of amides is 2. The molecule has 2 fully saturated rings. The molecule has 1 aliphatic heterocycles. The third-order valence-electron chi connectivity index (χ3n) is 5.01. The Hall–Kier alpha value is -1.91. The smallest absolute Gasteiger partial charge is 0.255 e. The highest BCUT2D eigenvalue weighted by atomic mass is 16.2. The largest absolute Gasteiger partial charge is 0.353 e. The van der Waals surface area contributed by atoms with Crippen LogP contribution in [0.3, 0.4) is 0 Å². The van der Waals surface area contributed by atoms with Gasteiger partial charge in [-0.2, -0.15) is 0 Å². The molecular formula is C18H25N3O2. The Morgan fingerprint density at radius 2 is 1.83 bits per heavy atom. The van der Waals surface area contributed by atoms with Crippen molar-refractivity contribution >= 4 is 11.8 Å². The van der Waals surface area contributed by atoms with Crippen LogP contribution < -0.4 is 5.32 Å². The molecule has 0 unspecified atom stereocenters. The van der Waals surface area contributed by atoms with Crippen LogP contribution in [0.5, 0.6) is 0 Å². The van der Waals surface area contributed by atoms with E-state index in [1.165, 1.54) is 19.3 Å². The Morgan fingerprint density at radius 1 is 1.09 bits per heavy atom. The van der Waals surface area contributed by atoms with Crippen LogP contribution in [0.15, 0.2) is 24.5 Å². The fourth-order valence-corrected chi connectivity index (χ4v) is 3.58. The lowest BCUT2D eigenvalue weighted by molar-refractivity contribution is -0.126. The van der Waals surface area contributed by atoms with E-state index < -0.39 is 0 Å². The third-order valence-corrected chi connectivity index (χ3v) is 5.01. The number of nitrogens with zero attached hydrogens (tertiary/aromatic N) is 2. The molecule has 5 heteroatoms. The molecule has 2 heterocycles. The SMILES string of the molecule is O=C(NC1CCN(C(=O)c2cccnc2)CC1)C1CCCCC1. The second-order valence-corrected chi connectivity index (χ2v) is 6.65. The lowest BCUT2D eigenvalue weighted by atomic mass is 9.88. The van der Waals surface area contributed by atoms with Crippen LogP contribution in [0.1, 0.15) is 55.3 Å². The average Bonchev–Trinajstić information content (AvgIpc) is 2.63. The number of hydrogen-bond acceptors (Lipinski definition) is 3. The first-order chi connectivity index (χ1) is 11.2. The number of nitrogens with one attached hydrogen (secondary N) is 1. The fraction of sp³-hybridized carbons (Fsp3) is 0.611. The molecule has 0 bridgehead atoms. The van der Waals surface area contributed by atoms with Gasteiger partial charge in [-0.05, 0) is 37.8 Å². The Bertz CT molecular complexity index is 532. The highest BCUT2D eigenvalue weighted by Gasteiger charge is 2.27. The molecule has 1 aliphatic carbocycles. The first-order valence-electron chi connectivity index (χ1n) is 8.74. The van der Waals surface area contributed by atoms with Crippen LogP contribution in [0.25, 0.3) is 0 Å². The number of carbonyl (C=O) groups excluding carboxylic acids is 2. The molecule has 5 nitrogen and oxygen atoms in total. The van der Waals surface area contributed by atoms with Crippen molar-refractivity contribution in [3.63, 3.8) is 0 Å². The summed E-state index contributed by atoms with van der Waals surface area (Å²) in [5, 5.41) is 3.20. The zero-order chi connectivity index (χ0) is 16.1.